The highest BCUT2D eigenvalue weighted by atomic mass is 32.2. The van der Waals surface area contributed by atoms with Gasteiger partial charge in [-0.15, -0.1) is 0 Å². The third-order valence-corrected chi connectivity index (χ3v) is 6.59. The standard InChI is InChI=1S/C25H29N5O2S/c1-17(2)15-29-22-21(23(31)28(5)25(29)32)24(33-20-9-7-6-8-10-20)30(26-22)16-18-11-13-19(14-12-18)27(3)4/h6-14,17H,15-16H2,1-5H3. The average molecular weight is 464 g/mol. The number of fused-ring (bicyclic) bond motifs is 1. The third kappa shape index (κ3) is 4.61. The largest absolute Gasteiger partial charge is 0.378 e. The number of rotatable bonds is 7. The van der Waals surface area contributed by atoms with Crippen LogP contribution in [-0.2, 0) is 20.1 Å². The van der Waals surface area contributed by atoms with Gasteiger partial charge in [0.25, 0.3) is 5.56 Å². The van der Waals surface area contributed by atoms with Crippen LogP contribution >= 0.6 is 11.8 Å². The van der Waals surface area contributed by atoms with Crippen LogP contribution in [0.1, 0.15) is 19.4 Å². The Bertz CT molecular complexity index is 1380. The van der Waals surface area contributed by atoms with E-state index in [1.54, 1.807) is 4.57 Å². The summed E-state index contributed by atoms with van der Waals surface area (Å²) in [5.74, 6) is 0.234. The maximum Gasteiger partial charge on any atom is 0.332 e. The Morgan fingerprint density at radius 2 is 1.67 bits per heavy atom. The number of nitrogens with zero attached hydrogens (tertiary/aromatic N) is 5. The Hall–Kier alpha value is -3.26. The Labute approximate surface area is 197 Å². The zero-order valence-corrected chi connectivity index (χ0v) is 20.5. The van der Waals surface area contributed by atoms with E-state index >= 15 is 0 Å². The number of anilines is 1. The molecular formula is C25H29N5O2S. The summed E-state index contributed by atoms with van der Waals surface area (Å²) in [7, 11) is 5.55. The van der Waals surface area contributed by atoms with Gasteiger partial charge in [0, 0.05) is 38.3 Å². The van der Waals surface area contributed by atoms with E-state index in [2.05, 4.69) is 29.2 Å². The minimum Gasteiger partial charge on any atom is -0.378 e. The fourth-order valence-corrected chi connectivity index (χ4v) is 4.76. The average Bonchev–Trinajstić information content (AvgIpc) is 3.13. The van der Waals surface area contributed by atoms with E-state index in [-0.39, 0.29) is 17.2 Å². The van der Waals surface area contributed by atoms with Gasteiger partial charge in [-0.25, -0.2) is 4.79 Å². The summed E-state index contributed by atoms with van der Waals surface area (Å²) in [5, 5.41) is 6.04. The van der Waals surface area contributed by atoms with Crippen LogP contribution in [0, 0.1) is 5.92 Å². The molecule has 4 aromatic rings. The van der Waals surface area contributed by atoms with Crippen LogP contribution in [0.25, 0.3) is 11.0 Å². The van der Waals surface area contributed by atoms with E-state index in [9.17, 15) is 9.59 Å². The first-order valence-electron chi connectivity index (χ1n) is 11.0. The predicted molar refractivity (Wildman–Crippen MR) is 135 cm³/mol. The molecule has 0 radical (unpaired) electrons. The molecule has 0 fully saturated rings. The second-order valence-electron chi connectivity index (χ2n) is 8.79. The van der Waals surface area contributed by atoms with Gasteiger partial charge in [-0.3, -0.25) is 18.6 Å². The maximum absolute atomic E-state index is 13.3. The van der Waals surface area contributed by atoms with Crippen LogP contribution in [0.5, 0.6) is 0 Å². The molecule has 0 N–H and O–H groups in total. The highest BCUT2D eigenvalue weighted by molar-refractivity contribution is 7.99. The highest BCUT2D eigenvalue weighted by Gasteiger charge is 2.22. The molecule has 0 aliphatic heterocycles. The van der Waals surface area contributed by atoms with E-state index < -0.39 is 0 Å². The Morgan fingerprint density at radius 1 is 1.00 bits per heavy atom. The SMILES string of the molecule is CC(C)Cn1c(=O)n(C)c(=O)c2c(Sc3ccccc3)n(Cc3ccc(N(C)C)cc3)nc21. The van der Waals surface area contributed by atoms with Gasteiger partial charge >= 0.3 is 5.69 Å². The van der Waals surface area contributed by atoms with Crippen molar-refractivity contribution in [1.29, 1.82) is 0 Å². The summed E-state index contributed by atoms with van der Waals surface area (Å²) in [6.45, 7) is 5.09. The lowest BCUT2D eigenvalue weighted by molar-refractivity contribution is 0.497. The highest BCUT2D eigenvalue weighted by Crippen LogP contribution is 2.32. The molecule has 2 aromatic carbocycles. The normalized spacial score (nSPS) is 11.5. The van der Waals surface area contributed by atoms with Crippen molar-refractivity contribution in [1.82, 2.24) is 18.9 Å². The lowest BCUT2D eigenvalue weighted by atomic mass is 10.2. The summed E-state index contributed by atoms with van der Waals surface area (Å²) in [5.41, 5.74) is 1.97. The molecule has 7 nitrogen and oxygen atoms in total. The first-order chi connectivity index (χ1) is 15.8. The lowest BCUT2D eigenvalue weighted by Crippen LogP contribution is -2.38. The molecule has 0 saturated heterocycles. The van der Waals surface area contributed by atoms with E-state index in [0.29, 0.717) is 24.1 Å². The first-order valence-corrected chi connectivity index (χ1v) is 11.8. The van der Waals surface area contributed by atoms with Gasteiger partial charge in [0.1, 0.15) is 10.4 Å². The quantitative estimate of drug-likeness (QED) is 0.417. The molecule has 0 amide bonds. The fraction of sp³-hybridized carbons (Fsp3) is 0.320. The molecule has 4 rings (SSSR count). The zero-order chi connectivity index (χ0) is 23.7. The second kappa shape index (κ2) is 9.31. The van der Waals surface area contributed by atoms with Crippen molar-refractivity contribution in [3.05, 3.63) is 81.0 Å². The van der Waals surface area contributed by atoms with Crippen molar-refractivity contribution in [2.75, 3.05) is 19.0 Å². The second-order valence-corrected chi connectivity index (χ2v) is 9.85. The van der Waals surface area contributed by atoms with Gasteiger partial charge in [0.2, 0.25) is 0 Å². The minimum absolute atomic E-state index is 0.234. The van der Waals surface area contributed by atoms with E-state index in [4.69, 9.17) is 5.10 Å². The number of aromatic nitrogens is 4. The van der Waals surface area contributed by atoms with Gasteiger partial charge in [0.05, 0.1) is 6.54 Å². The molecule has 8 heteroatoms. The van der Waals surface area contributed by atoms with Gasteiger partial charge in [-0.05, 0) is 35.7 Å². The molecule has 33 heavy (non-hydrogen) atoms. The van der Waals surface area contributed by atoms with Crippen molar-refractivity contribution in [3.8, 4) is 0 Å². The van der Waals surface area contributed by atoms with Crippen molar-refractivity contribution in [3.63, 3.8) is 0 Å². The van der Waals surface area contributed by atoms with Crippen LogP contribution in [0.15, 0.2) is 74.1 Å². The van der Waals surface area contributed by atoms with E-state index in [1.165, 1.54) is 23.4 Å². The minimum atomic E-state index is -0.336. The van der Waals surface area contributed by atoms with Gasteiger partial charge in [0.15, 0.2) is 5.65 Å². The Balaban J connectivity index is 1.92. The summed E-state index contributed by atoms with van der Waals surface area (Å²) >= 11 is 1.50. The van der Waals surface area contributed by atoms with Crippen LogP contribution in [0.2, 0.25) is 0 Å². The summed E-state index contributed by atoms with van der Waals surface area (Å²) in [4.78, 5) is 29.3. The van der Waals surface area contributed by atoms with Crippen LogP contribution < -0.4 is 16.1 Å². The molecule has 0 bridgehead atoms. The predicted octanol–water partition coefficient (Wildman–Crippen LogP) is 3.82. The Morgan fingerprint density at radius 3 is 2.27 bits per heavy atom. The van der Waals surface area contributed by atoms with Gasteiger partial charge in [-0.2, -0.15) is 5.10 Å². The summed E-state index contributed by atoms with van der Waals surface area (Å²) in [6.07, 6.45) is 0. The van der Waals surface area contributed by atoms with E-state index in [0.717, 1.165) is 21.2 Å². The Kier molecular flexibility index (Phi) is 6.47. The molecule has 172 valence electrons. The van der Waals surface area contributed by atoms with Gasteiger partial charge < -0.3 is 4.90 Å². The molecule has 0 aliphatic carbocycles. The molecule has 2 aromatic heterocycles. The van der Waals surface area contributed by atoms with Crippen LogP contribution in [0.3, 0.4) is 0 Å². The van der Waals surface area contributed by atoms with E-state index in [1.807, 2.05) is 63.0 Å². The van der Waals surface area contributed by atoms with Crippen LogP contribution in [0.4, 0.5) is 5.69 Å². The lowest BCUT2D eigenvalue weighted by Gasteiger charge is -2.13. The van der Waals surface area contributed by atoms with Crippen molar-refractivity contribution < 1.29 is 0 Å². The fourth-order valence-electron chi connectivity index (χ4n) is 3.75. The zero-order valence-electron chi connectivity index (χ0n) is 19.6. The molecule has 0 atom stereocenters. The van der Waals surface area contributed by atoms with Crippen molar-refractivity contribution >= 4 is 28.5 Å². The van der Waals surface area contributed by atoms with Gasteiger partial charge in [-0.1, -0.05) is 55.9 Å². The number of hydrogen-bond acceptors (Lipinski definition) is 5. The number of hydrogen-bond donors (Lipinski definition) is 0. The van der Waals surface area contributed by atoms with Crippen LogP contribution in [-0.4, -0.2) is 33.0 Å². The van der Waals surface area contributed by atoms with Crippen molar-refractivity contribution in [2.45, 2.75) is 36.9 Å². The monoisotopic (exact) mass is 463 g/mol. The van der Waals surface area contributed by atoms with Crippen molar-refractivity contribution in [2.24, 2.45) is 13.0 Å². The molecular weight excluding hydrogens is 434 g/mol. The summed E-state index contributed by atoms with van der Waals surface area (Å²) in [6, 6.07) is 18.2. The smallest absolute Gasteiger partial charge is 0.332 e. The molecule has 2 heterocycles. The molecule has 0 spiro atoms. The first kappa shape index (κ1) is 22.9. The number of benzene rings is 2. The third-order valence-electron chi connectivity index (χ3n) is 5.47. The molecule has 0 unspecified atom stereocenters. The summed E-state index contributed by atoms with van der Waals surface area (Å²) < 4.78 is 4.67. The topological polar surface area (TPSA) is 65.1 Å². The molecule has 0 saturated carbocycles. The molecule has 0 aliphatic rings. The maximum atomic E-state index is 13.3.